The van der Waals surface area contributed by atoms with Gasteiger partial charge in [0, 0.05) is 25.7 Å². The number of anilines is 1. The number of likely N-dealkylation sites (tertiary alicyclic amines) is 1. The van der Waals surface area contributed by atoms with Gasteiger partial charge >= 0.3 is 0 Å². The number of aryl methyl sites for hydroxylation is 1. The van der Waals surface area contributed by atoms with Gasteiger partial charge in [-0.1, -0.05) is 30.3 Å². The molecule has 4 rings (SSSR count). The molecule has 1 aliphatic rings. The lowest BCUT2D eigenvalue weighted by Crippen LogP contribution is -2.40. The van der Waals surface area contributed by atoms with Crippen LogP contribution in [0.2, 0.25) is 0 Å². The first kappa shape index (κ1) is 16.0. The van der Waals surface area contributed by atoms with Crippen LogP contribution < -0.4 is 5.32 Å². The van der Waals surface area contributed by atoms with Gasteiger partial charge in [0.2, 0.25) is 0 Å². The average molecular weight is 336 g/mol. The highest BCUT2D eigenvalue weighted by Crippen LogP contribution is 2.16. The van der Waals surface area contributed by atoms with Gasteiger partial charge in [0.25, 0.3) is 0 Å². The first-order valence-electron chi connectivity index (χ1n) is 9.00. The molecule has 1 fully saturated rings. The van der Waals surface area contributed by atoms with Crippen LogP contribution in [0, 0.1) is 6.92 Å². The van der Waals surface area contributed by atoms with Crippen LogP contribution in [0.4, 0.5) is 5.82 Å². The molecule has 3 heterocycles. The molecule has 1 N–H and O–H groups in total. The molecule has 6 heteroatoms. The molecular formula is C19H24N6. The van der Waals surface area contributed by atoms with Gasteiger partial charge in [0.05, 0.1) is 0 Å². The highest BCUT2D eigenvalue weighted by molar-refractivity contribution is 5.44. The molecule has 25 heavy (non-hydrogen) atoms. The number of benzene rings is 1. The highest BCUT2D eigenvalue weighted by atomic mass is 15.4. The van der Waals surface area contributed by atoms with Crippen molar-refractivity contribution in [1.82, 2.24) is 24.7 Å². The monoisotopic (exact) mass is 336 g/mol. The Morgan fingerprint density at radius 2 is 1.84 bits per heavy atom. The Morgan fingerprint density at radius 3 is 2.64 bits per heavy atom. The van der Waals surface area contributed by atoms with E-state index < -0.39 is 0 Å². The Bertz CT molecular complexity index is 820. The van der Waals surface area contributed by atoms with Crippen molar-refractivity contribution in [3.8, 4) is 0 Å². The van der Waals surface area contributed by atoms with Crippen LogP contribution in [0.25, 0.3) is 5.65 Å². The summed E-state index contributed by atoms with van der Waals surface area (Å²) < 4.78 is 1.79. The second-order valence-electron chi connectivity index (χ2n) is 6.73. The molecule has 0 radical (unpaired) electrons. The quantitative estimate of drug-likeness (QED) is 0.776. The van der Waals surface area contributed by atoms with Crippen LogP contribution in [0.3, 0.4) is 0 Å². The molecule has 0 amide bonds. The molecule has 0 aliphatic carbocycles. The predicted octanol–water partition coefficient (Wildman–Crippen LogP) is 2.55. The summed E-state index contributed by atoms with van der Waals surface area (Å²) in [4.78, 5) is 2.56. The van der Waals surface area contributed by atoms with Gasteiger partial charge < -0.3 is 10.2 Å². The van der Waals surface area contributed by atoms with Crippen LogP contribution in [-0.2, 0) is 6.42 Å². The Labute approximate surface area is 147 Å². The van der Waals surface area contributed by atoms with E-state index in [4.69, 9.17) is 0 Å². The molecule has 0 spiro atoms. The van der Waals surface area contributed by atoms with Crippen molar-refractivity contribution in [1.29, 1.82) is 0 Å². The summed E-state index contributed by atoms with van der Waals surface area (Å²) in [6.07, 6.45) is 3.43. The maximum atomic E-state index is 4.59. The second-order valence-corrected chi connectivity index (χ2v) is 6.73. The summed E-state index contributed by atoms with van der Waals surface area (Å²) in [6, 6.07) is 15.2. The van der Waals surface area contributed by atoms with E-state index in [-0.39, 0.29) is 0 Å². The van der Waals surface area contributed by atoms with Crippen LogP contribution in [0.5, 0.6) is 0 Å². The molecule has 3 aromatic rings. The number of piperidine rings is 1. The summed E-state index contributed by atoms with van der Waals surface area (Å²) in [7, 11) is 0. The first-order chi connectivity index (χ1) is 12.3. The molecular weight excluding hydrogens is 312 g/mol. The predicted molar refractivity (Wildman–Crippen MR) is 98.7 cm³/mol. The lowest BCUT2D eigenvalue weighted by Gasteiger charge is -2.32. The SMILES string of the molecule is Cc1nnc2ccc(NC3CCN(CCc4ccccc4)CC3)nn12. The summed E-state index contributed by atoms with van der Waals surface area (Å²) in [5.74, 6) is 1.72. The molecule has 0 atom stereocenters. The average Bonchev–Trinajstić information content (AvgIpc) is 3.03. The maximum Gasteiger partial charge on any atom is 0.178 e. The Balaban J connectivity index is 1.28. The van der Waals surface area contributed by atoms with Gasteiger partial charge in [-0.25, -0.2) is 0 Å². The topological polar surface area (TPSA) is 58.4 Å². The molecule has 1 aromatic carbocycles. The van der Waals surface area contributed by atoms with E-state index in [1.165, 1.54) is 5.56 Å². The van der Waals surface area contributed by atoms with E-state index in [1.54, 1.807) is 4.52 Å². The van der Waals surface area contributed by atoms with Crippen molar-refractivity contribution in [3.05, 3.63) is 53.9 Å². The lowest BCUT2D eigenvalue weighted by molar-refractivity contribution is 0.221. The minimum absolute atomic E-state index is 0.481. The van der Waals surface area contributed by atoms with E-state index >= 15 is 0 Å². The normalized spacial score (nSPS) is 16.4. The van der Waals surface area contributed by atoms with Gasteiger partial charge in [-0.3, -0.25) is 0 Å². The van der Waals surface area contributed by atoms with Gasteiger partial charge in [-0.15, -0.1) is 15.3 Å². The Kier molecular flexibility index (Phi) is 4.61. The molecule has 2 aromatic heterocycles. The number of rotatable bonds is 5. The largest absolute Gasteiger partial charge is 0.366 e. The smallest absolute Gasteiger partial charge is 0.178 e. The van der Waals surface area contributed by atoms with Crippen LogP contribution in [-0.4, -0.2) is 50.4 Å². The van der Waals surface area contributed by atoms with Crippen molar-refractivity contribution >= 4 is 11.5 Å². The maximum absolute atomic E-state index is 4.59. The second kappa shape index (κ2) is 7.19. The minimum atomic E-state index is 0.481. The highest BCUT2D eigenvalue weighted by Gasteiger charge is 2.19. The van der Waals surface area contributed by atoms with E-state index in [0.717, 1.165) is 56.2 Å². The Morgan fingerprint density at radius 1 is 1.04 bits per heavy atom. The van der Waals surface area contributed by atoms with Crippen molar-refractivity contribution in [3.63, 3.8) is 0 Å². The number of hydrogen-bond donors (Lipinski definition) is 1. The molecule has 1 saturated heterocycles. The number of hydrogen-bond acceptors (Lipinski definition) is 5. The van der Waals surface area contributed by atoms with Crippen LogP contribution in [0.15, 0.2) is 42.5 Å². The van der Waals surface area contributed by atoms with E-state index in [2.05, 4.69) is 55.8 Å². The fourth-order valence-electron chi connectivity index (χ4n) is 3.42. The number of nitrogens with one attached hydrogen (secondary N) is 1. The third-order valence-corrected chi connectivity index (χ3v) is 4.92. The summed E-state index contributed by atoms with van der Waals surface area (Å²) in [6.45, 7) is 5.33. The standard InChI is InChI=1S/C19H24N6/c1-15-21-22-19-8-7-18(23-25(15)19)20-17-10-13-24(14-11-17)12-9-16-5-3-2-4-6-16/h2-8,17H,9-14H2,1H3,(H,20,23). The van der Waals surface area contributed by atoms with E-state index in [1.807, 2.05) is 19.1 Å². The van der Waals surface area contributed by atoms with Crippen LogP contribution >= 0.6 is 0 Å². The van der Waals surface area contributed by atoms with Gasteiger partial charge in [-0.05, 0) is 43.9 Å². The number of aromatic nitrogens is 4. The Hall–Kier alpha value is -2.47. The molecule has 6 nitrogen and oxygen atoms in total. The third kappa shape index (κ3) is 3.79. The minimum Gasteiger partial charge on any atom is -0.366 e. The van der Waals surface area contributed by atoms with Gasteiger partial charge in [0.1, 0.15) is 5.82 Å². The van der Waals surface area contributed by atoms with Crippen molar-refractivity contribution in [2.75, 3.05) is 25.0 Å². The van der Waals surface area contributed by atoms with Crippen molar-refractivity contribution < 1.29 is 0 Å². The molecule has 130 valence electrons. The molecule has 0 saturated carbocycles. The van der Waals surface area contributed by atoms with E-state index in [9.17, 15) is 0 Å². The molecule has 0 bridgehead atoms. The summed E-state index contributed by atoms with van der Waals surface area (Å²) in [5.41, 5.74) is 2.21. The molecule has 0 unspecified atom stereocenters. The van der Waals surface area contributed by atoms with Crippen molar-refractivity contribution in [2.24, 2.45) is 0 Å². The van der Waals surface area contributed by atoms with Crippen molar-refractivity contribution in [2.45, 2.75) is 32.2 Å². The fourth-order valence-corrected chi connectivity index (χ4v) is 3.42. The summed E-state index contributed by atoms with van der Waals surface area (Å²) in [5, 5.41) is 16.3. The first-order valence-corrected chi connectivity index (χ1v) is 9.00. The zero-order chi connectivity index (χ0) is 17.1. The van der Waals surface area contributed by atoms with Gasteiger partial charge in [-0.2, -0.15) is 4.52 Å². The number of fused-ring (bicyclic) bond motifs is 1. The van der Waals surface area contributed by atoms with Crippen LogP contribution in [0.1, 0.15) is 24.2 Å². The fraction of sp³-hybridized carbons (Fsp3) is 0.421. The van der Waals surface area contributed by atoms with Gasteiger partial charge in [0.15, 0.2) is 11.5 Å². The zero-order valence-corrected chi connectivity index (χ0v) is 14.6. The lowest BCUT2D eigenvalue weighted by atomic mass is 10.0. The summed E-state index contributed by atoms with van der Waals surface area (Å²) >= 11 is 0. The molecule has 1 aliphatic heterocycles. The number of nitrogens with zero attached hydrogens (tertiary/aromatic N) is 5. The van der Waals surface area contributed by atoms with E-state index in [0.29, 0.717) is 6.04 Å². The zero-order valence-electron chi connectivity index (χ0n) is 14.6. The third-order valence-electron chi connectivity index (χ3n) is 4.92.